The molecule has 0 amide bonds. The lowest BCUT2D eigenvalue weighted by molar-refractivity contribution is 0.0990. The second kappa shape index (κ2) is 5.12. The fourth-order valence-electron chi connectivity index (χ4n) is 1.98. The first kappa shape index (κ1) is 13.1. The van der Waals surface area contributed by atoms with Gasteiger partial charge in [-0.15, -0.1) is 0 Å². The maximum atomic E-state index is 12.2. The van der Waals surface area contributed by atoms with Crippen LogP contribution in [0.15, 0.2) is 24.4 Å². The number of nitrogens with zero attached hydrogens (tertiary/aromatic N) is 1. The molecule has 4 heteroatoms. The van der Waals surface area contributed by atoms with Crippen LogP contribution >= 0.6 is 11.6 Å². The standard InChI is InChI=1S/C14H17ClN2O/c1-9(2)16-7-14(18)12-8-17(3)13-5-4-10(15)6-11(12)13/h4-6,8-9,16H,7H2,1-3H3. The highest BCUT2D eigenvalue weighted by Gasteiger charge is 2.14. The number of aromatic nitrogens is 1. The largest absolute Gasteiger partial charge is 0.350 e. The molecule has 2 rings (SSSR count). The Morgan fingerprint density at radius 1 is 1.44 bits per heavy atom. The van der Waals surface area contributed by atoms with Crippen LogP contribution in [0.1, 0.15) is 24.2 Å². The first-order chi connectivity index (χ1) is 8.49. The predicted octanol–water partition coefficient (Wildman–Crippen LogP) is 3.01. The van der Waals surface area contributed by atoms with Crippen LogP contribution in [0.5, 0.6) is 0 Å². The summed E-state index contributed by atoms with van der Waals surface area (Å²) in [6.07, 6.45) is 1.87. The number of carbonyl (C=O) groups is 1. The van der Waals surface area contributed by atoms with E-state index in [1.54, 1.807) is 0 Å². The average molecular weight is 265 g/mol. The molecule has 0 saturated heterocycles. The second-order valence-corrected chi connectivity index (χ2v) is 5.21. The van der Waals surface area contributed by atoms with E-state index in [0.29, 0.717) is 17.6 Å². The van der Waals surface area contributed by atoms with E-state index >= 15 is 0 Å². The molecule has 1 aromatic carbocycles. The zero-order chi connectivity index (χ0) is 13.3. The van der Waals surface area contributed by atoms with E-state index in [4.69, 9.17) is 11.6 Å². The maximum Gasteiger partial charge on any atom is 0.178 e. The van der Waals surface area contributed by atoms with Gasteiger partial charge in [-0.2, -0.15) is 0 Å². The van der Waals surface area contributed by atoms with Crippen molar-refractivity contribution < 1.29 is 4.79 Å². The topological polar surface area (TPSA) is 34.0 Å². The van der Waals surface area contributed by atoms with E-state index in [2.05, 4.69) is 5.32 Å². The summed E-state index contributed by atoms with van der Waals surface area (Å²) in [5.74, 6) is 0.0940. The molecule has 1 N–H and O–H groups in total. The van der Waals surface area contributed by atoms with Crippen LogP contribution in [0.4, 0.5) is 0 Å². The van der Waals surface area contributed by atoms with Crippen LogP contribution < -0.4 is 5.32 Å². The molecule has 0 aliphatic rings. The van der Waals surface area contributed by atoms with Gasteiger partial charge in [-0.25, -0.2) is 0 Å². The molecule has 1 heterocycles. The van der Waals surface area contributed by atoms with Crippen molar-refractivity contribution in [2.24, 2.45) is 7.05 Å². The summed E-state index contributed by atoms with van der Waals surface area (Å²) in [7, 11) is 1.93. The van der Waals surface area contributed by atoms with E-state index in [-0.39, 0.29) is 5.78 Å². The third-order valence-electron chi connectivity index (χ3n) is 2.92. The van der Waals surface area contributed by atoms with Crippen LogP contribution in [0.2, 0.25) is 5.02 Å². The lowest BCUT2D eigenvalue weighted by Crippen LogP contribution is -2.29. The van der Waals surface area contributed by atoms with Gasteiger partial charge in [0, 0.05) is 40.8 Å². The van der Waals surface area contributed by atoms with Gasteiger partial charge < -0.3 is 9.88 Å². The molecule has 2 aromatic rings. The van der Waals surface area contributed by atoms with Crippen LogP contribution in [-0.2, 0) is 7.05 Å². The Morgan fingerprint density at radius 3 is 2.83 bits per heavy atom. The Kier molecular flexibility index (Phi) is 3.73. The van der Waals surface area contributed by atoms with Gasteiger partial charge in [-0.05, 0) is 18.2 Å². The summed E-state index contributed by atoms with van der Waals surface area (Å²) in [6, 6.07) is 5.92. The van der Waals surface area contributed by atoms with E-state index in [0.717, 1.165) is 16.5 Å². The highest BCUT2D eigenvalue weighted by molar-refractivity contribution is 6.31. The molecule has 3 nitrogen and oxygen atoms in total. The number of carbonyl (C=O) groups excluding carboxylic acids is 1. The first-order valence-electron chi connectivity index (χ1n) is 6.00. The van der Waals surface area contributed by atoms with E-state index < -0.39 is 0 Å². The van der Waals surface area contributed by atoms with Crippen molar-refractivity contribution in [2.45, 2.75) is 19.9 Å². The number of fused-ring (bicyclic) bond motifs is 1. The van der Waals surface area contributed by atoms with Crippen LogP contribution in [-0.4, -0.2) is 22.9 Å². The van der Waals surface area contributed by atoms with Crippen molar-refractivity contribution in [3.05, 3.63) is 35.0 Å². The quantitative estimate of drug-likeness (QED) is 0.862. The number of hydrogen-bond acceptors (Lipinski definition) is 2. The summed E-state index contributed by atoms with van der Waals surface area (Å²) in [5.41, 5.74) is 1.75. The minimum atomic E-state index is 0.0940. The summed E-state index contributed by atoms with van der Waals surface area (Å²) in [6.45, 7) is 4.39. The number of Topliss-reactive ketones (excluding diaryl/α,β-unsaturated/α-hetero) is 1. The predicted molar refractivity (Wildman–Crippen MR) is 75.4 cm³/mol. The van der Waals surface area contributed by atoms with E-state index in [9.17, 15) is 4.79 Å². The smallest absolute Gasteiger partial charge is 0.178 e. The minimum Gasteiger partial charge on any atom is -0.350 e. The summed E-state index contributed by atoms with van der Waals surface area (Å²) >= 11 is 6.00. The fourth-order valence-corrected chi connectivity index (χ4v) is 2.15. The Morgan fingerprint density at radius 2 is 2.17 bits per heavy atom. The normalized spacial score (nSPS) is 11.4. The van der Waals surface area contributed by atoms with Crippen molar-refractivity contribution >= 4 is 28.3 Å². The average Bonchev–Trinajstić information content (AvgIpc) is 2.63. The molecule has 0 saturated carbocycles. The van der Waals surface area contributed by atoms with Crippen molar-refractivity contribution in [3.8, 4) is 0 Å². The third-order valence-corrected chi connectivity index (χ3v) is 3.16. The number of nitrogens with one attached hydrogen (secondary N) is 1. The van der Waals surface area contributed by atoms with Gasteiger partial charge in [0.25, 0.3) is 0 Å². The molecular formula is C14H17ClN2O. The molecule has 1 aromatic heterocycles. The van der Waals surface area contributed by atoms with Crippen molar-refractivity contribution in [2.75, 3.05) is 6.54 Å². The Balaban J connectivity index is 2.38. The number of halogens is 1. The van der Waals surface area contributed by atoms with Gasteiger partial charge >= 0.3 is 0 Å². The summed E-state index contributed by atoms with van der Waals surface area (Å²) in [5, 5.41) is 4.71. The van der Waals surface area contributed by atoms with Gasteiger partial charge in [0.05, 0.1) is 6.54 Å². The van der Waals surface area contributed by atoms with Crippen LogP contribution in [0.25, 0.3) is 10.9 Å². The highest BCUT2D eigenvalue weighted by Crippen LogP contribution is 2.24. The molecule has 96 valence electrons. The Hall–Kier alpha value is -1.32. The van der Waals surface area contributed by atoms with Crippen molar-refractivity contribution in [1.82, 2.24) is 9.88 Å². The molecule has 0 bridgehead atoms. The Labute approximate surface area is 112 Å². The van der Waals surface area contributed by atoms with Gasteiger partial charge in [0.2, 0.25) is 0 Å². The molecule has 0 aliphatic carbocycles. The third kappa shape index (κ3) is 2.57. The van der Waals surface area contributed by atoms with Crippen molar-refractivity contribution in [1.29, 1.82) is 0 Å². The first-order valence-corrected chi connectivity index (χ1v) is 6.38. The number of ketones is 1. The van der Waals surface area contributed by atoms with Crippen LogP contribution in [0.3, 0.4) is 0 Å². The number of benzene rings is 1. The van der Waals surface area contributed by atoms with E-state index in [1.165, 1.54) is 0 Å². The SMILES string of the molecule is CC(C)NCC(=O)c1cn(C)c2ccc(Cl)cc12. The zero-order valence-corrected chi connectivity index (χ0v) is 11.6. The lowest BCUT2D eigenvalue weighted by Gasteiger charge is -2.06. The van der Waals surface area contributed by atoms with Gasteiger partial charge in [0.15, 0.2) is 5.78 Å². The van der Waals surface area contributed by atoms with Crippen LogP contribution in [0, 0.1) is 0 Å². The molecule has 0 fully saturated rings. The molecule has 18 heavy (non-hydrogen) atoms. The van der Waals surface area contributed by atoms with Gasteiger partial charge in [0.1, 0.15) is 0 Å². The molecule has 0 atom stereocenters. The summed E-state index contributed by atoms with van der Waals surface area (Å²) in [4.78, 5) is 12.2. The number of rotatable bonds is 4. The molecule has 0 spiro atoms. The minimum absolute atomic E-state index is 0.0940. The molecule has 0 aliphatic heterocycles. The number of hydrogen-bond donors (Lipinski definition) is 1. The van der Waals surface area contributed by atoms with Crippen molar-refractivity contribution in [3.63, 3.8) is 0 Å². The molecule has 0 unspecified atom stereocenters. The fraction of sp³-hybridized carbons (Fsp3) is 0.357. The zero-order valence-electron chi connectivity index (χ0n) is 10.8. The molecular weight excluding hydrogens is 248 g/mol. The highest BCUT2D eigenvalue weighted by atomic mass is 35.5. The summed E-state index contributed by atoms with van der Waals surface area (Å²) < 4.78 is 1.95. The van der Waals surface area contributed by atoms with Gasteiger partial charge in [-0.1, -0.05) is 25.4 Å². The van der Waals surface area contributed by atoms with Gasteiger partial charge in [-0.3, -0.25) is 4.79 Å². The monoisotopic (exact) mass is 264 g/mol. The lowest BCUT2D eigenvalue weighted by atomic mass is 10.1. The maximum absolute atomic E-state index is 12.2. The Bertz CT molecular complexity index is 587. The second-order valence-electron chi connectivity index (χ2n) is 4.77. The number of aryl methyl sites for hydroxylation is 1. The molecule has 0 radical (unpaired) electrons. The van der Waals surface area contributed by atoms with E-state index in [1.807, 2.05) is 49.9 Å².